The highest BCUT2D eigenvalue weighted by molar-refractivity contribution is 5.88. The van der Waals surface area contributed by atoms with Gasteiger partial charge in [0.15, 0.2) is 11.5 Å². The van der Waals surface area contributed by atoms with Crippen LogP contribution in [0.5, 0.6) is 0 Å². The number of nitrogens with one attached hydrogen (secondary N) is 2. The molecule has 6 rings (SSSR count). The largest absolute Gasteiger partial charge is 0.366 e. The number of aromatic amines is 1. The van der Waals surface area contributed by atoms with Gasteiger partial charge in [0, 0.05) is 18.2 Å². The van der Waals surface area contributed by atoms with Gasteiger partial charge in [-0.25, -0.2) is 19.3 Å². The van der Waals surface area contributed by atoms with Crippen LogP contribution < -0.4 is 5.32 Å². The second-order valence-electron chi connectivity index (χ2n) is 7.87. The van der Waals surface area contributed by atoms with Crippen molar-refractivity contribution in [2.45, 2.75) is 38.6 Å². The van der Waals surface area contributed by atoms with Gasteiger partial charge in [-0.2, -0.15) is 5.10 Å². The molecular weight excluding hydrogens is 359 g/mol. The lowest BCUT2D eigenvalue weighted by Gasteiger charge is -2.48. The zero-order chi connectivity index (χ0) is 19.3. The predicted molar refractivity (Wildman–Crippen MR) is 102 cm³/mol. The third kappa shape index (κ3) is 2.83. The number of hydrogen-bond donors (Lipinski definition) is 2. The van der Waals surface area contributed by atoms with Gasteiger partial charge in [0.05, 0.1) is 11.6 Å². The lowest BCUT2D eigenvalue weighted by molar-refractivity contribution is -0.126. The summed E-state index contributed by atoms with van der Waals surface area (Å²) < 4.78 is 13.6. The van der Waals surface area contributed by atoms with Crippen molar-refractivity contribution in [3.63, 3.8) is 0 Å². The van der Waals surface area contributed by atoms with Crippen molar-refractivity contribution in [2.75, 3.05) is 5.32 Å². The first kappa shape index (κ1) is 17.2. The van der Waals surface area contributed by atoms with Crippen LogP contribution in [0.25, 0.3) is 22.6 Å². The third-order valence-corrected chi connectivity index (χ3v) is 6.25. The minimum atomic E-state index is -0.438. The second kappa shape index (κ2) is 6.61. The molecule has 0 aromatic carbocycles. The number of fused-ring (bicyclic) bond motifs is 4. The van der Waals surface area contributed by atoms with Crippen LogP contribution in [0.2, 0.25) is 0 Å². The first-order valence-corrected chi connectivity index (χ1v) is 9.70. The standard InChI is InChI=1S/C20H21FN6O/c1-10(28)16-11-2-4-12(5-3-11)17(16)24-15-6-7-22-20(25-15)18-14-8-13(21)9-23-19(14)27-26-18/h6-9,11-12,16-17H,2-5H2,1H3,(H,22,24,25)(H,23,26,27)/t11?,12?,16-,17?/m0/s1. The Hall–Kier alpha value is -2.90. The zero-order valence-electron chi connectivity index (χ0n) is 15.5. The van der Waals surface area contributed by atoms with Crippen molar-refractivity contribution in [2.24, 2.45) is 17.8 Å². The Bertz CT molecular complexity index is 1040. The fourth-order valence-electron chi connectivity index (χ4n) is 5.01. The highest BCUT2D eigenvalue weighted by Gasteiger charge is 2.45. The molecule has 3 aromatic rings. The van der Waals surface area contributed by atoms with E-state index >= 15 is 0 Å². The van der Waals surface area contributed by atoms with Crippen LogP contribution in [-0.2, 0) is 4.79 Å². The van der Waals surface area contributed by atoms with E-state index in [1.165, 1.54) is 6.07 Å². The lowest BCUT2D eigenvalue weighted by atomic mass is 9.60. The fraction of sp³-hybridized carbons (Fsp3) is 0.450. The van der Waals surface area contributed by atoms with Gasteiger partial charge in [-0.15, -0.1) is 0 Å². The van der Waals surface area contributed by atoms with Crippen molar-refractivity contribution in [1.29, 1.82) is 0 Å². The van der Waals surface area contributed by atoms with Crippen LogP contribution >= 0.6 is 0 Å². The topological polar surface area (TPSA) is 96.5 Å². The van der Waals surface area contributed by atoms with Crippen LogP contribution in [0.4, 0.5) is 10.2 Å². The first-order chi connectivity index (χ1) is 13.6. The number of rotatable bonds is 4. The van der Waals surface area contributed by atoms with E-state index in [2.05, 4.69) is 30.5 Å². The van der Waals surface area contributed by atoms with Crippen molar-refractivity contribution in [1.82, 2.24) is 25.1 Å². The molecule has 3 aliphatic rings. The van der Waals surface area contributed by atoms with Crippen LogP contribution in [0.1, 0.15) is 32.6 Å². The van der Waals surface area contributed by atoms with E-state index in [0.717, 1.165) is 31.9 Å². The number of pyridine rings is 1. The maximum Gasteiger partial charge on any atom is 0.182 e. The molecule has 0 aliphatic heterocycles. The molecule has 144 valence electrons. The van der Waals surface area contributed by atoms with Gasteiger partial charge in [-0.05, 0) is 56.6 Å². The normalized spacial score (nSPS) is 26.5. The van der Waals surface area contributed by atoms with Gasteiger partial charge < -0.3 is 5.32 Å². The van der Waals surface area contributed by atoms with E-state index in [0.29, 0.717) is 40.2 Å². The first-order valence-electron chi connectivity index (χ1n) is 9.70. The average Bonchev–Trinajstić information content (AvgIpc) is 3.12. The van der Waals surface area contributed by atoms with Gasteiger partial charge in [-0.3, -0.25) is 9.89 Å². The molecule has 1 unspecified atom stereocenters. The predicted octanol–water partition coefficient (Wildman–Crippen LogP) is 3.36. The monoisotopic (exact) mass is 380 g/mol. The van der Waals surface area contributed by atoms with E-state index in [4.69, 9.17) is 0 Å². The van der Waals surface area contributed by atoms with Crippen LogP contribution in [0, 0.1) is 23.6 Å². The van der Waals surface area contributed by atoms with Gasteiger partial charge in [0.25, 0.3) is 0 Å². The molecule has 28 heavy (non-hydrogen) atoms. The summed E-state index contributed by atoms with van der Waals surface area (Å²) in [6.45, 7) is 1.70. The molecule has 2 bridgehead atoms. The number of ketones is 1. The maximum absolute atomic E-state index is 13.6. The van der Waals surface area contributed by atoms with Crippen LogP contribution in [0.3, 0.4) is 0 Å². The molecular formula is C20H21FN6O. The van der Waals surface area contributed by atoms with Crippen molar-refractivity contribution >= 4 is 22.6 Å². The molecule has 0 saturated heterocycles. The summed E-state index contributed by atoms with van der Waals surface area (Å²) in [5, 5.41) is 11.0. The Balaban J connectivity index is 1.47. The summed E-state index contributed by atoms with van der Waals surface area (Å²) in [6.07, 6.45) is 7.38. The Morgan fingerprint density at radius 2 is 2.00 bits per heavy atom. The number of nitrogens with zero attached hydrogens (tertiary/aromatic N) is 4. The third-order valence-electron chi connectivity index (χ3n) is 6.25. The van der Waals surface area contributed by atoms with E-state index in [1.54, 1.807) is 19.2 Å². The van der Waals surface area contributed by atoms with Crippen molar-refractivity contribution < 1.29 is 9.18 Å². The zero-order valence-corrected chi connectivity index (χ0v) is 15.5. The van der Waals surface area contributed by atoms with Crippen LogP contribution in [-0.4, -0.2) is 37.0 Å². The Morgan fingerprint density at radius 1 is 1.21 bits per heavy atom. The van der Waals surface area contributed by atoms with E-state index in [1.807, 2.05) is 0 Å². The number of anilines is 1. The number of H-pyrrole nitrogens is 1. The molecule has 2 atom stereocenters. The summed E-state index contributed by atoms with van der Waals surface area (Å²) in [4.78, 5) is 25.2. The van der Waals surface area contributed by atoms with E-state index in [9.17, 15) is 9.18 Å². The highest BCUT2D eigenvalue weighted by Crippen LogP contribution is 2.46. The summed E-state index contributed by atoms with van der Waals surface area (Å²) >= 11 is 0. The van der Waals surface area contributed by atoms with Crippen LogP contribution in [0.15, 0.2) is 24.5 Å². The molecule has 0 spiro atoms. The van der Waals surface area contributed by atoms with Gasteiger partial charge in [-0.1, -0.05) is 0 Å². The number of aromatic nitrogens is 5. The molecule has 2 N–H and O–H groups in total. The molecule has 3 heterocycles. The van der Waals surface area contributed by atoms with Crippen molar-refractivity contribution in [3.05, 3.63) is 30.3 Å². The smallest absolute Gasteiger partial charge is 0.182 e. The van der Waals surface area contributed by atoms with Gasteiger partial charge >= 0.3 is 0 Å². The molecule has 8 heteroatoms. The molecule has 3 aromatic heterocycles. The molecule has 0 radical (unpaired) electrons. The average molecular weight is 380 g/mol. The summed E-state index contributed by atoms with van der Waals surface area (Å²) in [5.41, 5.74) is 0.943. The number of carbonyl (C=O) groups is 1. The number of Topliss-reactive ketones (excluding diaryl/α,β-unsaturated/α-hetero) is 1. The highest BCUT2D eigenvalue weighted by atomic mass is 19.1. The summed E-state index contributed by atoms with van der Waals surface area (Å²) in [6, 6.07) is 3.27. The van der Waals surface area contributed by atoms with E-state index < -0.39 is 5.82 Å². The SMILES string of the molecule is CC(=O)[C@H]1C2CCC(CC2)C1Nc1ccnc(-c2n[nH]c3ncc(F)cc23)n1. The molecule has 3 saturated carbocycles. The Kier molecular flexibility index (Phi) is 4.07. The van der Waals surface area contributed by atoms with Gasteiger partial charge in [0.1, 0.15) is 23.1 Å². The Labute approximate surface area is 161 Å². The van der Waals surface area contributed by atoms with Gasteiger partial charge in [0.2, 0.25) is 0 Å². The quantitative estimate of drug-likeness (QED) is 0.720. The maximum atomic E-state index is 13.6. The molecule has 3 fully saturated rings. The summed E-state index contributed by atoms with van der Waals surface area (Å²) in [7, 11) is 0. The summed E-state index contributed by atoms with van der Waals surface area (Å²) in [5.74, 6) is 1.86. The minimum Gasteiger partial charge on any atom is -0.366 e. The second-order valence-corrected chi connectivity index (χ2v) is 7.87. The lowest BCUT2D eigenvalue weighted by Crippen LogP contribution is -2.51. The molecule has 3 aliphatic carbocycles. The fourth-order valence-corrected chi connectivity index (χ4v) is 5.01. The Morgan fingerprint density at radius 3 is 2.79 bits per heavy atom. The molecule has 0 amide bonds. The van der Waals surface area contributed by atoms with E-state index in [-0.39, 0.29) is 17.7 Å². The van der Waals surface area contributed by atoms with Crippen molar-refractivity contribution in [3.8, 4) is 11.5 Å². The number of hydrogen-bond acceptors (Lipinski definition) is 6. The number of carbonyl (C=O) groups excluding carboxylic acids is 1. The molecule has 7 nitrogen and oxygen atoms in total. The number of halogens is 1. The minimum absolute atomic E-state index is 0.0374.